The highest BCUT2D eigenvalue weighted by Gasteiger charge is 2.49. The van der Waals surface area contributed by atoms with Crippen LogP contribution in [0.4, 0.5) is 5.95 Å². The highest BCUT2D eigenvalue weighted by atomic mass is 35.5. The first-order chi connectivity index (χ1) is 12.3. The molecular weight excluding hydrogens is 334 g/mol. The largest absolute Gasteiger partial charge is 0.494 e. The molecular formula is C20H23ClN3O. The Balaban J connectivity index is 1.27. The topological polar surface area (TPSA) is 38.2 Å². The molecule has 1 aromatic carbocycles. The van der Waals surface area contributed by atoms with Crippen LogP contribution in [0.2, 0.25) is 5.02 Å². The van der Waals surface area contributed by atoms with Crippen molar-refractivity contribution in [1.29, 1.82) is 0 Å². The number of halogens is 1. The number of piperidine rings is 1. The summed E-state index contributed by atoms with van der Waals surface area (Å²) in [6, 6.07) is 10.8. The normalized spacial score (nSPS) is 19.6. The Morgan fingerprint density at radius 3 is 2.48 bits per heavy atom. The molecule has 2 fully saturated rings. The smallest absolute Gasteiger partial charge is 0.225 e. The third kappa shape index (κ3) is 3.90. The molecule has 1 saturated carbocycles. The molecule has 2 aliphatic rings. The average Bonchev–Trinajstić information content (AvgIpc) is 3.45. The van der Waals surface area contributed by atoms with Gasteiger partial charge in [-0.25, -0.2) is 9.97 Å². The molecule has 0 bridgehead atoms. The van der Waals surface area contributed by atoms with Gasteiger partial charge in [0.25, 0.3) is 0 Å². The lowest BCUT2D eigenvalue weighted by Gasteiger charge is -2.36. The third-order valence-electron chi connectivity index (χ3n) is 5.70. The van der Waals surface area contributed by atoms with Crippen molar-refractivity contribution in [2.45, 2.75) is 32.1 Å². The van der Waals surface area contributed by atoms with Crippen LogP contribution >= 0.6 is 11.6 Å². The second-order valence-electron chi connectivity index (χ2n) is 7.16. The van der Waals surface area contributed by atoms with Crippen LogP contribution in [0.25, 0.3) is 0 Å². The fraction of sp³-hybridized carbons (Fsp3) is 0.500. The van der Waals surface area contributed by atoms with Gasteiger partial charge in [0.2, 0.25) is 5.95 Å². The molecule has 1 saturated heterocycles. The fourth-order valence-corrected chi connectivity index (χ4v) is 4.12. The number of rotatable bonds is 6. The van der Waals surface area contributed by atoms with E-state index in [9.17, 15) is 0 Å². The summed E-state index contributed by atoms with van der Waals surface area (Å²) in [7, 11) is 0. The van der Waals surface area contributed by atoms with Gasteiger partial charge in [-0.15, -0.1) is 0 Å². The van der Waals surface area contributed by atoms with Crippen LogP contribution in [-0.2, 0) is 0 Å². The van der Waals surface area contributed by atoms with Crippen molar-refractivity contribution in [1.82, 2.24) is 9.97 Å². The number of benzene rings is 1. The van der Waals surface area contributed by atoms with Gasteiger partial charge < -0.3 is 9.64 Å². The van der Waals surface area contributed by atoms with Crippen molar-refractivity contribution in [3.05, 3.63) is 47.7 Å². The van der Waals surface area contributed by atoms with Crippen LogP contribution < -0.4 is 9.64 Å². The van der Waals surface area contributed by atoms with Gasteiger partial charge in [0, 0.05) is 13.1 Å². The molecule has 4 nitrogen and oxygen atoms in total. The van der Waals surface area contributed by atoms with Crippen molar-refractivity contribution in [3.8, 4) is 5.75 Å². The summed E-state index contributed by atoms with van der Waals surface area (Å²) in [5.74, 6) is 2.55. The van der Waals surface area contributed by atoms with Crippen molar-refractivity contribution in [3.63, 3.8) is 0 Å². The Bertz CT molecular complexity index is 680. The number of anilines is 1. The van der Waals surface area contributed by atoms with Gasteiger partial charge in [0.1, 0.15) is 5.75 Å². The molecule has 2 aromatic rings. The van der Waals surface area contributed by atoms with E-state index in [4.69, 9.17) is 16.3 Å². The highest BCUT2D eigenvalue weighted by Crippen LogP contribution is 2.57. The van der Waals surface area contributed by atoms with Crippen LogP contribution in [0, 0.1) is 17.4 Å². The molecule has 0 spiro atoms. The summed E-state index contributed by atoms with van der Waals surface area (Å²) in [5.41, 5.74) is 0.508. The van der Waals surface area contributed by atoms with Crippen molar-refractivity contribution < 1.29 is 4.74 Å². The van der Waals surface area contributed by atoms with Crippen LogP contribution in [0.5, 0.6) is 5.75 Å². The van der Waals surface area contributed by atoms with E-state index in [1.165, 1.54) is 25.7 Å². The molecule has 0 N–H and O–H groups in total. The van der Waals surface area contributed by atoms with E-state index in [2.05, 4.69) is 20.9 Å². The Labute approximate surface area is 154 Å². The molecule has 0 amide bonds. The van der Waals surface area contributed by atoms with Gasteiger partial charge in [-0.2, -0.15) is 0 Å². The first kappa shape index (κ1) is 16.6. The van der Waals surface area contributed by atoms with Crippen LogP contribution in [-0.4, -0.2) is 29.7 Å². The minimum atomic E-state index is 0.508. The quantitative estimate of drug-likeness (QED) is 0.769. The first-order valence-corrected chi connectivity index (χ1v) is 9.44. The van der Waals surface area contributed by atoms with E-state index >= 15 is 0 Å². The predicted molar refractivity (Wildman–Crippen MR) is 99.0 cm³/mol. The second-order valence-corrected chi connectivity index (χ2v) is 7.60. The zero-order chi connectivity index (χ0) is 17.1. The highest BCUT2D eigenvalue weighted by molar-refractivity contribution is 6.30. The van der Waals surface area contributed by atoms with Crippen molar-refractivity contribution in [2.75, 3.05) is 24.6 Å². The molecule has 2 heterocycles. The maximum absolute atomic E-state index is 5.91. The van der Waals surface area contributed by atoms with Gasteiger partial charge in [-0.05, 0) is 61.6 Å². The lowest BCUT2D eigenvalue weighted by molar-refractivity contribution is 0.191. The molecule has 1 radical (unpaired) electrons. The SMILES string of the molecule is Clc1cnc(N2CCC(C3(CCOc4cc[c]cc4)CC3)CC2)nc1. The molecule has 0 unspecified atom stereocenters. The molecule has 5 heteroatoms. The van der Waals surface area contributed by atoms with Crippen LogP contribution in [0.1, 0.15) is 32.1 Å². The summed E-state index contributed by atoms with van der Waals surface area (Å²) < 4.78 is 5.91. The molecule has 131 valence electrons. The summed E-state index contributed by atoms with van der Waals surface area (Å²) in [6.45, 7) is 2.87. The lowest BCUT2D eigenvalue weighted by Crippen LogP contribution is -2.38. The monoisotopic (exact) mass is 356 g/mol. The maximum Gasteiger partial charge on any atom is 0.225 e. The van der Waals surface area contributed by atoms with Gasteiger partial charge >= 0.3 is 0 Å². The summed E-state index contributed by atoms with van der Waals surface area (Å²) in [4.78, 5) is 11.0. The first-order valence-electron chi connectivity index (χ1n) is 9.07. The second kappa shape index (κ2) is 7.20. The number of hydrogen-bond acceptors (Lipinski definition) is 4. The van der Waals surface area contributed by atoms with E-state index in [-0.39, 0.29) is 0 Å². The van der Waals surface area contributed by atoms with Gasteiger partial charge in [0.15, 0.2) is 0 Å². The van der Waals surface area contributed by atoms with Crippen molar-refractivity contribution >= 4 is 17.5 Å². The standard InChI is InChI=1S/C20H23ClN3O/c21-17-14-22-19(23-15-17)24-11-6-16(7-12-24)20(8-9-20)10-13-25-18-4-2-1-3-5-18/h2-5,14-16H,6-13H2. The Hall–Kier alpha value is -1.81. The van der Waals surface area contributed by atoms with E-state index in [0.29, 0.717) is 10.4 Å². The fourth-order valence-electron chi connectivity index (χ4n) is 4.02. The zero-order valence-electron chi connectivity index (χ0n) is 14.3. The molecule has 1 aromatic heterocycles. The van der Waals surface area contributed by atoms with E-state index in [0.717, 1.165) is 43.7 Å². The van der Waals surface area contributed by atoms with Gasteiger partial charge in [-0.1, -0.05) is 23.7 Å². The Kier molecular flexibility index (Phi) is 4.80. The van der Waals surface area contributed by atoms with E-state index in [1.807, 2.05) is 24.3 Å². The third-order valence-corrected chi connectivity index (χ3v) is 5.89. The lowest BCUT2D eigenvalue weighted by atomic mass is 9.79. The summed E-state index contributed by atoms with van der Waals surface area (Å²) in [6.07, 6.45) is 9.64. The average molecular weight is 357 g/mol. The van der Waals surface area contributed by atoms with Gasteiger partial charge in [-0.3, -0.25) is 0 Å². The minimum Gasteiger partial charge on any atom is -0.494 e. The number of nitrogens with zero attached hydrogens (tertiary/aromatic N) is 3. The summed E-state index contributed by atoms with van der Waals surface area (Å²) in [5, 5.41) is 0.590. The molecule has 25 heavy (non-hydrogen) atoms. The zero-order valence-corrected chi connectivity index (χ0v) is 15.1. The molecule has 0 atom stereocenters. The number of aromatic nitrogens is 2. The van der Waals surface area contributed by atoms with Crippen molar-refractivity contribution in [2.24, 2.45) is 11.3 Å². The van der Waals surface area contributed by atoms with Gasteiger partial charge in [0.05, 0.1) is 24.0 Å². The Morgan fingerprint density at radius 2 is 1.84 bits per heavy atom. The maximum atomic E-state index is 5.91. The van der Waals surface area contributed by atoms with E-state index < -0.39 is 0 Å². The number of hydrogen-bond donors (Lipinski definition) is 0. The minimum absolute atomic E-state index is 0.508. The van der Waals surface area contributed by atoms with E-state index in [1.54, 1.807) is 12.4 Å². The summed E-state index contributed by atoms with van der Waals surface area (Å²) >= 11 is 5.88. The molecule has 1 aliphatic carbocycles. The number of ether oxygens (including phenoxy) is 1. The molecule has 1 aliphatic heterocycles. The van der Waals surface area contributed by atoms with Crippen LogP contribution in [0.15, 0.2) is 36.7 Å². The van der Waals surface area contributed by atoms with Crippen LogP contribution in [0.3, 0.4) is 0 Å². The predicted octanol–water partition coefficient (Wildman–Crippen LogP) is 4.40. The Morgan fingerprint density at radius 1 is 1.16 bits per heavy atom. The molecule has 4 rings (SSSR count).